The molecule has 6 nitrogen and oxygen atoms in total. The van der Waals surface area contributed by atoms with Gasteiger partial charge < -0.3 is 15.4 Å². The molecule has 0 saturated carbocycles. The average Bonchev–Trinajstić information content (AvgIpc) is 2.83. The maximum atomic E-state index is 12.6. The number of nitrogens with one attached hydrogen (secondary N) is 2. The number of halogens is 2. The molecule has 0 unspecified atom stereocenters. The van der Waals surface area contributed by atoms with E-state index < -0.39 is 18.5 Å². The van der Waals surface area contributed by atoms with Crippen LogP contribution in [0.15, 0.2) is 46.9 Å². The van der Waals surface area contributed by atoms with Gasteiger partial charge in [-0.3, -0.25) is 9.59 Å². The third-order valence-corrected chi connectivity index (χ3v) is 6.27. The van der Waals surface area contributed by atoms with Gasteiger partial charge in [0.25, 0.3) is 5.91 Å². The fourth-order valence-electron chi connectivity index (χ4n) is 3.57. The van der Waals surface area contributed by atoms with Gasteiger partial charge in [0.1, 0.15) is 0 Å². The van der Waals surface area contributed by atoms with Crippen molar-refractivity contribution in [1.29, 1.82) is 0 Å². The van der Waals surface area contributed by atoms with Crippen LogP contribution in [0.25, 0.3) is 0 Å². The van der Waals surface area contributed by atoms with E-state index in [2.05, 4.69) is 33.5 Å². The van der Waals surface area contributed by atoms with Gasteiger partial charge in [-0.25, -0.2) is 4.79 Å². The molecular formula is C27H34BrClN2O4. The monoisotopic (exact) mass is 564 g/mol. The van der Waals surface area contributed by atoms with E-state index in [9.17, 15) is 14.4 Å². The van der Waals surface area contributed by atoms with Crippen LogP contribution in [0.4, 0.5) is 11.4 Å². The van der Waals surface area contributed by atoms with Crippen LogP contribution in [0.3, 0.4) is 0 Å². The van der Waals surface area contributed by atoms with Crippen LogP contribution in [0, 0.1) is 0 Å². The highest BCUT2D eigenvalue weighted by Crippen LogP contribution is 2.25. The Morgan fingerprint density at radius 3 is 2.14 bits per heavy atom. The van der Waals surface area contributed by atoms with Crippen molar-refractivity contribution < 1.29 is 19.1 Å². The summed E-state index contributed by atoms with van der Waals surface area (Å²) in [5.41, 5.74) is 0.984. The summed E-state index contributed by atoms with van der Waals surface area (Å²) in [4.78, 5) is 37.1. The van der Waals surface area contributed by atoms with Gasteiger partial charge in [0, 0.05) is 10.9 Å². The highest BCUT2D eigenvalue weighted by molar-refractivity contribution is 9.10. The third-order valence-electron chi connectivity index (χ3n) is 5.47. The van der Waals surface area contributed by atoms with Crippen LogP contribution < -0.4 is 10.6 Å². The van der Waals surface area contributed by atoms with Crippen molar-refractivity contribution in [2.45, 2.75) is 71.1 Å². The molecular weight excluding hydrogens is 532 g/mol. The normalized spacial score (nSPS) is 10.6. The zero-order valence-electron chi connectivity index (χ0n) is 20.2. The Morgan fingerprint density at radius 2 is 1.46 bits per heavy atom. The van der Waals surface area contributed by atoms with E-state index in [1.165, 1.54) is 38.5 Å². The largest absolute Gasteiger partial charge is 0.452 e. The number of rotatable bonds is 15. The molecule has 35 heavy (non-hydrogen) atoms. The second kappa shape index (κ2) is 16.3. The Balaban J connectivity index is 1.75. The average molecular weight is 566 g/mol. The smallest absolute Gasteiger partial charge is 0.340 e. The number of hydrogen-bond donors (Lipinski definition) is 2. The molecule has 8 heteroatoms. The van der Waals surface area contributed by atoms with Crippen molar-refractivity contribution in [2.75, 3.05) is 17.2 Å². The van der Waals surface area contributed by atoms with Crippen molar-refractivity contribution >= 4 is 56.7 Å². The standard InChI is InChI=1S/C27H34BrClN2O4/c1-2-3-4-5-6-7-8-9-10-15-25(32)30-23-14-12-11-13-21(23)27(34)35-19-26(33)31-24-17-16-20(28)18-22(24)29/h11-14,16-18H,2-10,15,19H2,1H3,(H,30,32)(H,31,33). The van der Waals surface area contributed by atoms with E-state index in [1.54, 1.807) is 42.5 Å². The first-order valence-corrected chi connectivity index (χ1v) is 13.4. The van der Waals surface area contributed by atoms with Gasteiger partial charge in [-0.2, -0.15) is 0 Å². The number of ether oxygens (including phenoxy) is 1. The van der Waals surface area contributed by atoms with Crippen LogP contribution >= 0.6 is 27.5 Å². The first kappa shape index (κ1) is 28.9. The van der Waals surface area contributed by atoms with Gasteiger partial charge >= 0.3 is 5.97 Å². The summed E-state index contributed by atoms with van der Waals surface area (Å²) in [6.45, 7) is 1.74. The van der Waals surface area contributed by atoms with E-state index >= 15 is 0 Å². The van der Waals surface area contributed by atoms with Crippen molar-refractivity contribution in [1.82, 2.24) is 0 Å². The van der Waals surface area contributed by atoms with E-state index in [0.717, 1.165) is 23.7 Å². The van der Waals surface area contributed by atoms with Gasteiger partial charge in [0.2, 0.25) is 5.91 Å². The van der Waals surface area contributed by atoms with Crippen LogP contribution in [-0.2, 0) is 14.3 Å². The lowest BCUT2D eigenvalue weighted by atomic mass is 10.1. The molecule has 0 heterocycles. The molecule has 2 aromatic carbocycles. The summed E-state index contributed by atoms with van der Waals surface area (Å²) in [5, 5.41) is 5.76. The van der Waals surface area contributed by atoms with Gasteiger partial charge in [-0.1, -0.05) is 98.0 Å². The molecule has 0 aliphatic rings. The molecule has 0 aliphatic carbocycles. The fraction of sp³-hybridized carbons (Fsp3) is 0.444. The molecule has 0 spiro atoms. The number of hydrogen-bond acceptors (Lipinski definition) is 4. The first-order valence-electron chi connectivity index (χ1n) is 12.2. The SMILES string of the molecule is CCCCCCCCCCCC(=O)Nc1ccccc1C(=O)OCC(=O)Nc1ccc(Br)cc1Cl. The van der Waals surface area contributed by atoms with E-state index in [4.69, 9.17) is 16.3 Å². The number of carbonyl (C=O) groups is 3. The second-order valence-corrected chi connectivity index (χ2v) is 9.74. The Morgan fingerprint density at radius 1 is 0.829 bits per heavy atom. The van der Waals surface area contributed by atoms with Crippen LogP contribution in [0.2, 0.25) is 5.02 Å². The summed E-state index contributed by atoms with van der Waals surface area (Å²) in [7, 11) is 0. The minimum atomic E-state index is -0.693. The topological polar surface area (TPSA) is 84.5 Å². The third kappa shape index (κ3) is 11.3. The quantitative estimate of drug-likeness (QED) is 0.171. The highest BCUT2D eigenvalue weighted by atomic mass is 79.9. The van der Waals surface area contributed by atoms with Gasteiger partial charge in [-0.05, 0) is 36.8 Å². The Kier molecular flexibility index (Phi) is 13.5. The maximum absolute atomic E-state index is 12.6. The molecule has 0 aromatic heterocycles. The predicted molar refractivity (Wildman–Crippen MR) is 145 cm³/mol. The first-order chi connectivity index (χ1) is 16.9. The minimum absolute atomic E-state index is 0.143. The number of para-hydroxylation sites is 1. The Bertz CT molecular complexity index is 983. The van der Waals surface area contributed by atoms with Crippen LogP contribution in [0.5, 0.6) is 0 Å². The summed E-state index contributed by atoms with van der Waals surface area (Å²) >= 11 is 9.39. The van der Waals surface area contributed by atoms with Gasteiger partial charge in [0.05, 0.1) is 22.0 Å². The predicted octanol–water partition coefficient (Wildman–Crippen LogP) is 7.76. The molecule has 2 N–H and O–H groups in total. The number of anilines is 2. The lowest BCUT2D eigenvalue weighted by Gasteiger charge is -2.12. The number of amides is 2. The van der Waals surface area contributed by atoms with Gasteiger partial charge in [-0.15, -0.1) is 0 Å². The summed E-state index contributed by atoms with van der Waals surface area (Å²) < 4.78 is 5.93. The lowest BCUT2D eigenvalue weighted by Crippen LogP contribution is -2.22. The molecule has 0 bridgehead atoms. The molecule has 0 radical (unpaired) electrons. The lowest BCUT2D eigenvalue weighted by molar-refractivity contribution is -0.119. The van der Waals surface area contributed by atoms with Gasteiger partial charge in [0.15, 0.2) is 6.61 Å². The van der Waals surface area contributed by atoms with E-state index in [-0.39, 0.29) is 11.5 Å². The number of esters is 1. The number of unbranched alkanes of at least 4 members (excludes halogenated alkanes) is 8. The maximum Gasteiger partial charge on any atom is 0.340 e. The fourth-order valence-corrected chi connectivity index (χ4v) is 4.29. The minimum Gasteiger partial charge on any atom is -0.452 e. The highest BCUT2D eigenvalue weighted by Gasteiger charge is 2.16. The molecule has 2 rings (SSSR count). The number of carbonyl (C=O) groups excluding carboxylic acids is 3. The zero-order chi connectivity index (χ0) is 25.5. The molecule has 0 atom stereocenters. The Labute approximate surface area is 221 Å². The second-order valence-electron chi connectivity index (χ2n) is 8.42. The van der Waals surface area contributed by atoms with E-state index in [0.29, 0.717) is 22.8 Å². The van der Waals surface area contributed by atoms with Crippen LogP contribution in [0.1, 0.15) is 81.5 Å². The van der Waals surface area contributed by atoms with Crippen molar-refractivity contribution in [3.8, 4) is 0 Å². The van der Waals surface area contributed by atoms with Crippen molar-refractivity contribution in [3.63, 3.8) is 0 Å². The van der Waals surface area contributed by atoms with Crippen molar-refractivity contribution in [2.24, 2.45) is 0 Å². The summed E-state index contributed by atoms with van der Waals surface area (Å²) in [6.07, 6.45) is 11.0. The molecule has 0 fully saturated rings. The number of benzene rings is 2. The molecule has 2 aromatic rings. The molecule has 190 valence electrons. The van der Waals surface area contributed by atoms with E-state index in [1.807, 2.05) is 0 Å². The van der Waals surface area contributed by atoms with Crippen LogP contribution in [-0.4, -0.2) is 24.4 Å². The molecule has 0 aliphatic heterocycles. The van der Waals surface area contributed by atoms with Crippen molar-refractivity contribution in [3.05, 3.63) is 57.5 Å². The summed E-state index contributed by atoms with van der Waals surface area (Å²) in [5.74, 6) is -1.36. The Hall–Kier alpha value is -2.38. The molecule has 2 amide bonds. The summed E-state index contributed by atoms with van der Waals surface area (Å²) in [6, 6.07) is 11.6. The molecule has 0 saturated heterocycles. The zero-order valence-corrected chi connectivity index (χ0v) is 22.6.